The molecule has 1 aromatic heterocycles. The van der Waals surface area contributed by atoms with Crippen LogP contribution >= 0.6 is 0 Å². The van der Waals surface area contributed by atoms with E-state index in [0.717, 1.165) is 32.8 Å². The summed E-state index contributed by atoms with van der Waals surface area (Å²) in [4.78, 5) is 4.13. The molecule has 1 fully saturated rings. The molecule has 1 N–H and O–H groups in total. The van der Waals surface area contributed by atoms with E-state index in [2.05, 4.69) is 22.3 Å². The lowest BCUT2D eigenvalue weighted by Crippen LogP contribution is -2.45. The zero-order valence-electron chi connectivity index (χ0n) is 9.07. The molecule has 0 aliphatic carbocycles. The van der Waals surface area contributed by atoms with Gasteiger partial charge in [-0.2, -0.15) is 0 Å². The summed E-state index contributed by atoms with van der Waals surface area (Å²) in [6.07, 6.45) is 3.75. The van der Waals surface area contributed by atoms with Crippen molar-refractivity contribution in [2.24, 2.45) is 0 Å². The Morgan fingerprint density at radius 1 is 1.47 bits per heavy atom. The minimum atomic E-state index is 0.818. The van der Waals surface area contributed by atoms with Crippen molar-refractivity contribution in [3.8, 4) is 0 Å². The normalized spacial score (nSPS) is 17.9. The van der Waals surface area contributed by atoms with Gasteiger partial charge in [0.05, 0.1) is 13.2 Å². The summed E-state index contributed by atoms with van der Waals surface area (Å²) >= 11 is 0. The van der Waals surface area contributed by atoms with Crippen molar-refractivity contribution in [2.75, 3.05) is 26.3 Å². The molecule has 2 heterocycles. The fourth-order valence-corrected chi connectivity index (χ4v) is 1.60. The number of aromatic nitrogens is 1. The second kappa shape index (κ2) is 5.21. The van der Waals surface area contributed by atoms with Crippen LogP contribution in [0.15, 0.2) is 18.5 Å². The molecule has 0 atom stereocenters. The summed E-state index contributed by atoms with van der Waals surface area (Å²) < 4.78 is 5.28. The minimum Gasteiger partial charge on any atom is -0.379 e. The van der Waals surface area contributed by atoms with E-state index in [9.17, 15) is 0 Å². The van der Waals surface area contributed by atoms with Crippen LogP contribution in [0, 0.1) is 6.92 Å². The van der Waals surface area contributed by atoms with E-state index >= 15 is 0 Å². The van der Waals surface area contributed by atoms with Gasteiger partial charge in [-0.15, -0.1) is 0 Å². The molecule has 0 amide bonds. The monoisotopic (exact) mass is 207 g/mol. The fourth-order valence-electron chi connectivity index (χ4n) is 1.60. The highest BCUT2D eigenvalue weighted by molar-refractivity contribution is 5.20. The highest BCUT2D eigenvalue weighted by atomic mass is 16.5. The highest BCUT2D eigenvalue weighted by Gasteiger charge is 2.09. The molecule has 1 saturated heterocycles. The minimum absolute atomic E-state index is 0.818. The number of rotatable bonds is 3. The molecule has 4 heteroatoms. The Labute approximate surface area is 90.2 Å². The van der Waals surface area contributed by atoms with Crippen molar-refractivity contribution >= 4 is 0 Å². The summed E-state index contributed by atoms with van der Waals surface area (Å²) in [7, 11) is 0. The molecule has 0 saturated carbocycles. The number of hydrazine groups is 1. The smallest absolute Gasteiger partial charge is 0.0608 e. The van der Waals surface area contributed by atoms with E-state index < -0.39 is 0 Å². The molecule has 1 aliphatic rings. The van der Waals surface area contributed by atoms with E-state index in [-0.39, 0.29) is 0 Å². The molecule has 15 heavy (non-hydrogen) atoms. The van der Waals surface area contributed by atoms with E-state index in [1.54, 1.807) is 0 Å². The van der Waals surface area contributed by atoms with Crippen LogP contribution in [-0.2, 0) is 11.3 Å². The van der Waals surface area contributed by atoms with E-state index in [0.29, 0.717) is 0 Å². The van der Waals surface area contributed by atoms with Gasteiger partial charge < -0.3 is 4.74 Å². The SMILES string of the molecule is Cc1ccncc1CNN1CCOCC1. The molecule has 0 spiro atoms. The predicted octanol–water partition coefficient (Wildman–Crippen LogP) is 0.727. The second-order valence-electron chi connectivity index (χ2n) is 3.74. The Balaban J connectivity index is 1.84. The molecule has 0 aromatic carbocycles. The molecular weight excluding hydrogens is 190 g/mol. The molecule has 1 aromatic rings. The first kappa shape index (κ1) is 10.5. The summed E-state index contributed by atoms with van der Waals surface area (Å²) in [5, 5.41) is 2.20. The Kier molecular flexibility index (Phi) is 3.66. The Bertz CT molecular complexity index is 310. The zero-order chi connectivity index (χ0) is 10.5. The van der Waals surface area contributed by atoms with Crippen LogP contribution in [-0.4, -0.2) is 36.3 Å². The Morgan fingerprint density at radius 2 is 2.27 bits per heavy atom. The number of ether oxygens (including phenoxy) is 1. The van der Waals surface area contributed by atoms with E-state index in [1.165, 1.54) is 11.1 Å². The molecule has 0 unspecified atom stereocenters. The summed E-state index contributed by atoms with van der Waals surface area (Å²) in [5.41, 5.74) is 5.93. The third-order valence-corrected chi connectivity index (χ3v) is 2.65. The number of morpholine rings is 1. The summed E-state index contributed by atoms with van der Waals surface area (Å²) in [6, 6.07) is 2.04. The van der Waals surface area contributed by atoms with Crippen LogP contribution < -0.4 is 5.43 Å². The third kappa shape index (κ3) is 2.99. The summed E-state index contributed by atoms with van der Waals surface area (Å²) in [5.74, 6) is 0. The second-order valence-corrected chi connectivity index (χ2v) is 3.74. The van der Waals surface area contributed by atoms with Crippen molar-refractivity contribution in [2.45, 2.75) is 13.5 Å². The van der Waals surface area contributed by atoms with Crippen LogP contribution in [0.3, 0.4) is 0 Å². The van der Waals surface area contributed by atoms with Crippen molar-refractivity contribution < 1.29 is 4.74 Å². The van der Waals surface area contributed by atoms with Crippen LogP contribution in [0.5, 0.6) is 0 Å². The first-order valence-electron chi connectivity index (χ1n) is 5.32. The lowest BCUT2D eigenvalue weighted by atomic mass is 10.2. The van der Waals surface area contributed by atoms with Gasteiger partial charge in [0.25, 0.3) is 0 Å². The average molecular weight is 207 g/mol. The standard InChI is InChI=1S/C11H17N3O/c1-10-2-3-12-8-11(10)9-13-14-4-6-15-7-5-14/h2-3,8,13H,4-7,9H2,1H3. The Morgan fingerprint density at radius 3 is 3.00 bits per heavy atom. The van der Waals surface area contributed by atoms with E-state index in [4.69, 9.17) is 4.74 Å². The number of pyridine rings is 1. The van der Waals surface area contributed by atoms with Gasteiger partial charge >= 0.3 is 0 Å². The van der Waals surface area contributed by atoms with Crippen LogP contribution in [0.2, 0.25) is 0 Å². The Hall–Kier alpha value is -0.970. The van der Waals surface area contributed by atoms with Gasteiger partial charge in [0, 0.05) is 32.0 Å². The first-order chi connectivity index (χ1) is 7.36. The summed E-state index contributed by atoms with van der Waals surface area (Å²) in [6.45, 7) is 6.51. The quantitative estimate of drug-likeness (QED) is 0.792. The topological polar surface area (TPSA) is 37.4 Å². The third-order valence-electron chi connectivity index (χ3n) is 2.65. The fraction of sp³-hybridized carbons (Fsp3) is 0.545. The molecular formula is C11H17N3O. The molecule has 0 radical (unpaired) electrons. The molecule has 82 valence electrons. The van der Waals surface area contributed by atoms with Gasteiger partial charge in [0.15, 0.2) is 0 Å². The number of nitrogens with one attached hydrogen (secondary N) is 1. The van der Waals surface area contributed by atoms with Gasteiger partial charge in [0.2, 0.25) is 0 Å². The maximum absolute atomic E-state index is 5.28. The number of aryl methyl sites for hydroxylation is 1. The van der Waals surface area contributed by atoms with Crippen molar-refractivity contribution in [1.82, 2.24) is 15.4 Å². The van der Waals surface area contributed by atoms with Crippen molar-refractivity contribution in [1.29, 1.82) is 0 Å². The van der Waals surface area contributed by atoms with Crippen LogP contribution in [0.25, 0.3) is 0 Å². The van der Waals surface area contributed by atoms with Gasteiger partial charge in [-0.1, -0.05) is 0 Å². The highest BCUT2D eigenvalue weighted by Crippen LogP contribution is 2.04. The van der Waals surface area contributed by atoms with Gasteiger partial charge in [-0.05, 0) is 24.1 Å². The average Bonchev–Trinajstić information content (AvgIpc) is 2.29. The van der Waals surface area contributed by atoms with Crippen LogP contribution in [0.1, 0.15) is 11.1 Å². The number of nitrogens with zero attached hydrogens (tertiary/aromatic N) is 2. The van der Waals surface area contributed by atoms with E-state index in [1.807, 2.05) is 18.5 Å². The van der Waals surface area contributed by atoms with Crippen molar-refractivity contribution in [3.63, 3.8) is 0 Å². The number of hydrogen-bond acceptors (Lipinski definition) is 4. The van der Waals surface area contributed by atoms with Gasteiger partial charge in [0.1, 0.15) is 0 Å². The lowest BCUT2D eigenvalue weighted by Gasteiger charge is -2.27. The van der Waals surface area contributed by atoms with Gasteiger partial charge in [-0.25, -0.2) is 5.01 Å². The maximum atomic E-state index is 5.28. The predicted molar refractivity (Wildman–Crippen MR) is 58.2 cm³/mol. The zero-order valence-corrected chi connectivity index (χ0v) is 9.07. The number of hydrogen-bond donors (Lipinski definition) is 1. The molecule has 2 rings (SSSR count). The van der Waals surface area contributed by atoms with Gasteiger partial charge in [-0.3, -0.25) is 10.4 Å². The van der Waals surface area contributed by atoms with Crippen molar-refractivity contribution in [3.05, 3.63) is 29.6 Å². The molecule has 0 bridgehead atoms. The maximum Gasteiger partial charge on any atom is 0.0608 e. The largest absolute Gasteiger partial charge is 0.379 e. The molecule has 1 aliphatic heterocycles. The lowest BCUT2D eigenvalue weighted by molar-refractivity contribution is 0.0105. The van der Waals surface area contributed by atoms with Crippen LogP contribution in [0.4, 0.5) is 0 Å². The first-order valence-corrected chi connectivity index (χ1v) is 5.32. The molecule has 4 nitrogen and oxygen atoms in total.